The minimum atomic E-state index is 0.471. The van der Waals surface area contributed by atoms with Gasteiger partial charge in [0.2, 0.25) is 0 Å². The van der Waals surface area contributed by atoms with Gasteiger partial charge in [-0.3, -0.25) is 0 Å². The summed E-state index contributed by atoms with van der Waals surface area (Å²) in [6, 6.07) is 5.64. The predicted octanol–water partition coefficient (Wildman–Crippen LogP) is 2.99. The molecule has 0 saturated carbocycles. The SMILES string of the molecule is CCOc1ccc2nc(C)nc(Cl)c2c1. The lowest BCUT2D eigenvalue weighted by Gasteiger charge is -2.05. The van der Waals surface area contributed by atoms with Crippen LogP contribution in [0.2, 0.25) is 5.15 Å². The van der Waals surface area contributed by atoms with E-state index in [0.717, 1.165) is 16.7 Å². The van der Waals surface area contributed by atoms with E-state index >= 15 is 0 Å². The maximum Gasteiger partial charge on any atom is 0.140 e. The Kier molecular flexibility index (Phi) is 2.73. The molecule has 0 amide bonds. The molecule has 0 aliphatic heterocycles. The molecular formula is C11H11ClN2O. The predicted molar refractivity (Wildman–Crippen MR) is 60.5 cm³/mol. The van der Waals surface area contributed by atoms with E-state index in [1.807, 2.05) is 32.0 Å². The summed E-state index contributed by atoms with van der Waals surface area (Å²) in [6.45, 7) is 4.40. The number of aryl methyl sites for hydroxylation is 1. The molecule has 0 bridgehead atoms. The van der Waals surface area contributed by atoms with Gasteiger partial charge in [-0.25, -0.2) is 9.97 Å². The quantitative estimate of drug-likeness (QED) is 0.733. The van der Waals surface area contributed by atoms with Gasteiger partial charge in [-0.15, -0.1) is 0 Å². The molecule has 0 aliphatic rings. The number of halogens is 1. The van der Waals surface area contributed by atoms with Gasteiger partial charge < -0.3 is 4.74 Å². The topological polar surface area (TPSA) is 35.0 Å². The van der Waals surface area contributed by atoms with Crippen molar-refractivity contribution in [2.24, 2.45) is 0 Å². The summed E-state index contributed by atoms with van der Waals surface area (Å²) in [7, 11) is 0. The van der Waals surface area contributed by atoms with Crippen LogP contribution < -0.4 is 4.74 Å². The number of aromatic nitrogens is 2. The van der Waals surface area contributed by atoms with Gasteiger partial charge in [-0.2, -0.15) is 0 Å². The maximum absolute atomic E-state index is 6.03. The second kappa shape index (κ2) is 4.03. The molecule has 1 heterocycles. The molecule has 0 unspecified atom stereocenters. The van der Waals surface area contributed by atoms with Crippen molar-refractivity contribution < 1.29 is 4.74 Å². The highest BCUT2D eigenvalue weighted by molar-refractivity contribution is 6.34. The lowest BCUT2D eigenvalue weighted by molar-refractivity contribution is 0.340. The van der Waals surface area contributed by atoms with Gasteiger partial charge in [0.15, 0.2) is 0 Å². The van der Waals surface area contributed by atoms with Crippen molar-refractivity contribution in [3.63, 3.8) is 0 Å². The van der Waals surface area contributed by atoms with Crippen molar-refractivity contribution in [3.8, 4) is 5.75 Å². The zero-order chi connectivity index (χ0) is 10.8. The Morgan fingerprint density at radius 3 is 2.87 bits per heavy atom. The van der Waals surface area contributed by atoms with Crippen molar-refractivity contribution in [1.82, 2.24) is 9.97 Å². The molecule has 0 atom stereocenters. The Hall–Kier alpha value is -1.35. The average molecular weight is 223 g/mol. The zero-order valence-corrected chi connectivity index (χ0v) is 9.38. The summed E-state index contributed by atoms with van der Waals surface area (Å²) in [5, 5.41) is 1.30. The average Bonchev–Trinajstić information content (AvgIpc) is 2.19. The summed E-state index contributed by atoms with van der Waals surface area (Å²) in [6.07, 6.45) is 0. The summed E-state index contributed by atoms with van der Waals surface area (Å²) in [5.74, 6) is 1.47. The fraction of sp³-hybridized carbons (Fsp3) is 0.273. The number of fused-ring (bicyclic) bond motifs is 1. The fourth-order valence-corrected chi connectivity index (χ4v) is 1.71. The Morgan fingerprint density at radius 1 is 1.33 bits per heavy atom. The maximum atomic E-state index is 6.03. The Bertz CT molecular complexity index is 499. The number of hydrogen-bond acceptors (Lipinski definition) is 3. The molecule has 0 saturated heterocycles. The lowest BCUT2D eigenvalue weighted by atomic mass is 10.2. The van der Waals surface area contributed by atoms with Gasteiger partial charge in [0, 0.05) is 5.39 Å². The summed E-state index contributed by atoms with van der Waals surface area (Å²) >= 11 is 6.03. The molecule has 4 heteroatoms. The van der Waals surface area contributed by atoms with Crippen molar-refractivity contribution in [3.05, 3.63) is 29.2 Å². The summed E-state index contributed by atoms with van der Waals surface area (Å²) in [4.78, 5) is 8.39. The molecule has 1 aromatic carbocycles. The fourth-order valence-electron chi connectivity index (χ4n) is 1.44. The largest absolute Gasteiger partial charge is 0.494 e. The highest BCUT2D eigenvalue weighted by atomic mass is 35.5. The molecule has 3 nitrogen and oxygen atoms in total. The van der Waals surface area contributed by atoms with Crippen LogP contribution in [-0.2, 0) is 0 Å². The molecule has 2 aromatic rings. The van der Waals surface area contributed by atoms with E-state index in [1.165, 1.54) is 0 Å². The van der Waals surface area contributed by atoms with Crippen LogP contribution in [0.15, 0.2) is 18.2 Å². The minimum Gasteiger partial charge on any atom is -0.494 e. The van der Waals surface area contributed by atoms with Gasteiger partial charge in [-0.1, -0.05) is 11.6 Å². The third-order valence-corrected chi connectivity index (χ3v) is 2.33. The number of nitrogens with zero attached hydrogens (tertiary/aromatic N) is 2. The van der Waals surface area contributed by atoms with Crippen molar-refractivity contribution >= 4 is 22.5 Å². The zero-order valence-electron chi connectivity index (χ0n) is 8.62. The second-order valence-electron chi connectivity index (χ2n) is 3.17. The molecule has 15 heavy (non-hydrogen) atoms. The van der Waals surface area contributed by atoms with Crippen LogP contribution in [0.25, 0.3) is 10.9 Å². The molecule has 2 rings (SSSR count). The molecule has 0 N–H and O–H groups in total. The van der Waals surface area contributed by atoms with E-state index in [1.54, 1.807) is 0 Å². The minimum absolute atomic E-state index is 0.471. The lowest BCUT2D eigenvalue weighted by Crippen LogP contribution is -1.93. The van der Waals surface area contributed by atoms with E-state index in [-0.39, 0.29) is 0 Å². The van der Waals surface area contributed by atoms with E-state index in [2.05, 4.69) is 9.97 Å². The Morgan fingerprint density at radius 2 is 2.13 bits per heavy atom. The van der Waals surface area contributed by atoms with E-state index < -0.39 is 0 Å². The first-order chi connectivity index (χ1) is 7.20. The van der Waals surface area contributed by atoms with Crippen LogP contribution in [-0.4, -0.2) is 16.6 Å². The van der Waals surface area contributed by atoms with Gasteiger partial charge >= 0.3 is 0 Å². The molecule has 0 aliphatic carbocycles. The van der Waals surface area contributed by atoms with Crippen molar-refractivity contribution in [1.29, 1.82) is 0 Å². The van der Waals surface area contributed by atoms with Crippen LogP contribution in [0, 0.1) is 6.92 Å². The highest BCUT2D eigenvalue weighted by Crippen LogP contribution is 2.24. The Balaban J connectivity index is 2.60. The van der Waals surface area contributed by atoms with Gasteiger partial charge in [-0.05, 0) is 32.0 Å². The molecule has 78 valence electrons. The van der Waals surface area contributed by atoms with E-state index in [4.69, 9.17) is 16.3 Å². The van der Waals surface area contributed by atoms with Crippen molar-refractivity contribution in [2.75, 3.05) is 6.61 Å². The molecular weight excluding hydrogens is 212 g/mol. The smallest absolute Gasteiger partial charge is 0.140 e. The van der Waals surface area contributed by atoms with Gasteiger partial charge in [0.05, 0.1) is 12.1 Å². The standard InChI is InChI=1S/C11H11ClN2O/c1-3-15-8-4-5-10-9(6-8)11(12)14-7(2)13-10/h4-6H,3H2,1-2H3. The summed E-state index contributed by atoms with van der Waals surface area (Å²) < 4.78 is 5.38. The normalized spacial score (nSPS) is 10.6. The van der Waals surface area contributed by atoms with E-state index in [9.17, 15) is 0 Å². The highest BCUT2D eigenvalue weighted by Gasteiger charge is 2.04. The van der Waals surface area contributed by atoms with Crippen LogP contribution in [0.5, 0.6) is 5.75 Å². The number of benzene rings is 1. The van der Waals surface area contributed by atoms with Crippen LogP contribution >= 0.6 is 11.6 Å². The third kappa shape index (κ3) is 2.02. The van der Waals surface area contributed by atoms with Gasteiger partial charge in [0.25, 0.3) is 0 Å². The first kappa shape index (κ1) is 10.2. The second-order valence-corrected chi connectivity index (χ2v) is 3.53. The van der Waals surface area contributed by atoms with Crippen LogP contribution in [0.4, 0.5) is 0 Å². The monoisotopic (exact) mass is 222 g/mol. The summed E-state index contributed by atoms with van der Waals surface area (Å²) in [5.41, 5.74) is 0.843. The number of rotatable bonds is 2. The first-order valence-electron chi connectivity index (χ1n) is 4.77. The van der Waals surface area contributed by atoms with Crippen LogP contribution in [0.1, 0.15) is 12.7 Å². The molecule has 0 spiro atoms. The Labute approximate surface area is 93.1 Å². The molecule has 0 fully saturated rings. The van der Waals surface area contributed by atoms with Crippen molar-refractivity contribution in [2.45, 2.75) is 13.8 Å². The number of hydrogen-bond donors (Lipinski definition) is 0. The van der Waals surface area contributed by atoms with E-state index in [0.29, 0.717) is 17.6 Å². The molecule has 0 radical (unpaired) electrons. The van der Waals surface area contributed by atoms with Crippen LogP contribution in [0.3, 0.4) is 0 Å². The third-order valence-electron chi connectivity index (χ3n) is 2.04. The molecule has 1 aromatic heterocycles. The van der Waals surface area contributed by atoms with Gasteiger partial charge in [0.1, 0.15) is 16.7 Å². The first-order valence-corrected chi connectivity index (χ1v) is 5.15. The number of ether oxygens (including phenoxy) is 1.